The molecule has 2 aromatic rings. The Morgan fingerprint density at radius 2 is 2.12 bits per heavy atom. The zero-order chi connectivity index (χ0) is 12.3. The minimum absolute atomic E-state index is 0.390. The van der Waals surface area contributed by atoms with Gasteiger partial charge in [-0.25, -0.2) is 9.97 Å². The Kier molecular flexibility index (Phi) is 4.10. The van der Waals surface area contributed by atoms with Crippen LogP contribution in [0.4, 0.5) is 5.69 Å². The summed E-state index contributed by atoms with van der Waals surface area (Å²) < 4.78 is 0. The van der Waals surface area contributed by atoms with E-state index in [4.69, 9.17) is 28.9 Å². The lowest BCUT2D eigenvalue weighted by Gasteiger charge is -2.05. The largest absolute Gasteiger partial charge is 0.397 e. The van der Waals surface area contributed by atoms with Gasteiger partial charge in [0.05, 0.1) is 5.69 Å². The van der Waals surface area contributed by atoms with Gasteiger partial charge in [0.25, 0.3) is 0 Å². The van der Waals surface area contributed by atoms with Gasteiger partial charge in [0.1, 0.15) is 10.2 Å². The number of aromatic nitrogens is 2. The van der Waals surface area contributed by atoms with Crippen LogP contribution in [0.5, 0.6) is 0 Å². The van der Waals surface area contributed by atoms with E-state index in [0.717, 1.165) is 10.6 Å². The van der Waals surface area contributed by atoms with Crippen LogP contribution in [0, 0.1) is 0 Å². The van der Waals surface area contributed by atoms with Crippen LogP contribution < -0.4 is 5.73 Å². The monoisotopic (exact) mass is 285 g/mol. The van der Waals surface area contributed by atoms with Crippen molar-refractivity contribution < 1.29 is 0 Å². The third kappa shape index (κ3) is 3.25. The maximum atomic E-state index is 6.05. The van der Waals surface area contributed by atoms with Crippen LogP contribution in [0.1, 0.15) is 5.56 Å². The number of pyridine rings is 2. The normalized spacial score (nSPS) is 10.5. The highest BCUT2D eigenvalue weighted by Gasteiger charge is 2.05. The predicted molar refractivity (Wildman–Crippen MR) is 72.5 cm³/mol. The summed E-state index contributed by atoms with van der Waals surface area (Å²) in [5.74, 6) is 0.657. The number of nitrogens with two attached hydrogens (primary N) is 1. The smallest absolute Gasteiger partial charge is 0.130 e. The van der Waals surface area contributed by atoms with E-state index in [1.54, 1.807) is 24.5 Å². The lowest BCUT2D eigenvalue weighted by molar-refractivity contribution is 1.14. The lowest BCUT2D eigenvalue weighted by Crippen LogP contribution is -1.92. The van der Waals surface area contributed by atoms with Crippen LogP contribution in [0.25, 0.3) is 0 Å². The maximum absolute atomic E-state index is 6.05. The van der Waals surface area contributed by atoms with Crippen molar-refractivity contribution in [1.29, 1.82) is 0 Å². The van der Waals surface area contributed by atoms with Crippen molar-refractivity contribution >= 4 is 40.7 Å². The van der Waals surface area contributed by atoms with E-state index >= 15 is 0 Å². The molecule has 0 unspecified atom stereocenters. The molecule has 2 rings (SSSR count). The first kappa shape index (κ1) is 12.5. The molecule has 0 spiro atoms. The lowest BCUT2D eigenvalue weighted by atomic mass is 10.3. The summed E-state index contributed by atoms with van der Waals surface area (Å²) in [5, 5.41) is 1.78. The standard InChI is InChI=1S/C11H9Cl2N3S/c12-8-4-10(13)16-5-7(8)6-17-11-9(14)2-1-3-15-11/h1-5H,6,14H2. The molecule has 0 aliphatic heterocycles. The molecule has 0 saturated carbocycles. The molecule has 6 heteroatoms. The average Bonchev–Trinajstić information content (AvgIpc) is 2.30. The fourth-order valence-corrected chi connectivity index (χ4v) is 2.62. The topological polar surface area (TPSA) is 51.8 Å². The quantitative estimate of drug-likeness (QED) is 0.691. The van der Waals surface area contributed by atoms with Gasteiger partial charge >= 0.3 is 0 Å². The molecule has 0 fully saturated rings. The second-order valence-electron chi connectivity index (χ2n) is 3.28. The fraction of sp³-hybridized carbons (Fsp3) is 0.0909. The molecule has 0 aliphatic carbocycles. The third-order valence-corrected chi connectivity index (χ3v) is 3.69. The first-order chi connectivity index (χ1) is 8.16. The number of nitrogens with zero attached hydrogens (tertiary/aromatic N) is 2. The van der Waals surface area contributed by atoms with E-state index in [9.17, 15) is 0 Å². The third-order valence-electron chi connectivity index (χ3n) is 2.06. The van der Waals surface area contributed by atoms with Gasteiger partial charge in [-0.05, 0) is 23.8 Å². The molecule has 0 radical (unpaired) electrons. The number of halogens is 2. The summed E-state index contributed by atoms with van der Waals surface area (Å²) >= 11 is 13.3. The highest BCUT2D eigenvalue weighted by Crippen LogP contribution is 2.28. The number of nitrogen functional groups attached to an aromatic ring is 1. The molecule has 0 bridgehead atoms. The molecule has 0 aromatic carbocycles. The van der Waals surface area contributed by atoms with Crippen LogP contribution in [0.3, 0.4) is 0 Å². The SMILES string of the molecule is Nc1cccnc1SCc1cnc(Cl)cc1Cl. The Bertz CT molecular complexity index is 534. The van der Waals surface area contributed by atoms with Crippen molar-refractivity contribution in [3.05, 3.63) is 46.3 Å². The molecule has 0 saturated heterocycles. The highest BCUT2D eigenvalue weighted by atomic mass is 35.5. The van der Waals surface area contributed by atoms with E-state index in [2.05, 4.69) is 9.97 Å². The molecule has 2 heterocycles. The number of hydrogen-bond donors (Lipinski definition) is 1. The number of rotatable bonds is 3. The summed E-state index contributed by atoms with van der Waals surface area (Å²) in [6.07, 6.45) is 3.37. The molecule has 0 atom stereocenters. The van der Waals surface area contributed by atoms with E-state index in [1.807, 2.05) is 6.07 Å². The Labute approximate surface area is 113 Å². The van der Waals surface area contributed by atoms with Crippen LogP contribution >= 0.6 is 35.0 Å². The molecular formula is C11H9Cl2N3S. The Balaban J connectivity index is 2.10. The number of thioether (sulfide) groups is 1. The van der Waals surface area contributed by atoms with Crippen molar-refractivity contribution in [3.8, 4) is 0 Å². The molecule has 0 amide bonds. The molecule has 2 aromatic heterocycles. The first-order valence-corrected chi connectivity index (χ1v) is 6.54. The number of hydrogen-bond acceptors (Lipinski definition) is 4. The highest BCUT2D eigenvalue weighted by molar-refractivity contribution is 7.98. The van der Waals surface area contributed by atoms with Crippen LogP contribution in [0.15, 0.2) is 35.6 Å². The summed E-state index contributed by atoms with van der Waals surface area (Å²) in [4.78, 5) is 8.18. The second-order valence-corrected chi connectivity index (χ2v) is 5.04. The summed E-state index contributed by atoms with van der Waals surface area (Å²) in [6, 6.07) is 5.24. The molecule has 2 N–H and O–H groups in total. The van der Waals surface area contributed by atoms with E-state index in [-0.39, 0.29) is 0 Å². The molecule has 88 valence electrons. The maximum Gasteiger partial charge on any atom is 0.130 e. The van der Waals surface area contributed by atoms with Gasteiger partial charge < -0.3 is 5.73 Å². The Morgan fingerprint density at radius 3 is 2.82 bits per heavy atom. The summed E-state index contributed by atoms with van der Waals surface area (Å²) in [5.41, 5.74) is 7.36. The van der Waals surface area contributed by atoms with Crippen LogP contribution in [-0.2, 0) is 5.75 Å². The number of anilines is 1. The van der Waals surface area contributed by atoms with Crippen LogP contribution in [0.2, 0.25) is 10.2 Å². The van der Waals surface area contributed by atoms with Gasteiger partial charge in [0.2, 0.25) is 0 Å². The Hall–Kier alpha value is -0.970. The van der Waals surface area contributed by atoms with Gasteiger partial charge in [-0.3, -0.25) is 0 Å². The molecule has 3 nitrogen and oxygen atoms in total. The van der Waals surface area contributed by atoms with Gasteiger partial charge in [-0.15, -0.1) is 0 Å². The molecular weight excluding hydrogens is 277 g/mol. The van der Waals surface area contributed by atoms with Gasteiger partial charge in [-0.1, -0.05) is 35.0 Å². The zero-order valence-electron chi connectivity index (χ0n) is 8.73. The van der Waals surface area contributed by atoms with Crippen molar-refractivity contribution in [2.24, 2.45) is 0 Å². The summed E-state index contributed by atoms with van der Waals surface area (Å²) in [6.45, 7) is 0. The van der Waals surface area contributed by atoms with Crippen LogP contribution in [-0.4, -0.2) is 9.97 Å². The molecule has 17 heavy (non-hydrogen) atoms. The predicted octanol–water partition coefficient (Wildman–Crippen LogP) is 3.66. The second kappa shape index (κ2) is 5.58. The average molecular weight is 286 g/mol. The van der Waals surface area contributed by atoms with E-state index in [1.165, 1.54) is 11.8 Å². The van der Waals surface area contributed by atoms with Gasteiger partial charge in [0, 0.05) is 23.2 Å². The van der Waals surface area contributed by atoms with Crippen molar-refractivity contribution in [2.45, 2.75) is 10.8 Å². The van der Waals surface area contributed by atoms with Gasteiger partial charge in [0.15, 0.2) is 0 Å². The van der Waals surface area contributed by atoms with Crippen molar-refractivity contribution in [1.82, 2.24) is 9.97 Å². The zero-order valence-corrected chi connectivity index (χ0v) is 11.1. The molecule has 0 aliphatic rings. The fourth-order valence-electron chi connectivity index (χ4n) is 1.21. The summed E-state index contributed by atoms with van der Waals surface area (Å²) in [7, 11) is 0. The van der Waals surface area contributed by atoms with E-state index < -0.39 is 0 Å². The minimum Gasteiger partial charge on any atom is -0.397 e. The minimum atomic E-state index is 0.390. The van der Waals surface area contributed by atoms with E-state index in [0.29, 0.717) is 21.6 Å². The first-order valence-electron chi connectivity index (χ1n) is 4.80. The van der Waals surface area contributed by atoms with Gasteiger partial charge in [-0.2, -0.15) is 0 Å². The van der Waals surface area contributed by atoms with Crippen molar-refractivity contribution in [3.63, 3.8) is 0 Å². The Morgan fingerprint density at radius 1 is 1.29 bits per heavy atom. The van der Waals surface area contributed by atoms with Crippen molar-refractivity contribution in [2.75, 3.05) is 5.73 Å².